The van der Waals surface area contributed by atoms with Crippen LogP contribution < -0.4 is 10.3 Å². The van der Waals surface area contributed by atoms with Gasteiger partial charge in [-0.05, 0) is 37.7 Å². The zero-order chi connectivity index (χ0) is 17.6. The highest BCUT2D eigenvalue weighted by molar-refractivity contribution is 5.87. The predicted octanol–water partition coefficient (Wildman–Crippen LogP) is 2.91. The standard InChI is InChI=1S/C20H22FN3O/c1-3-14-17-6-4-5-7-24(17)18-13-19(16(21)12-15(18)20(14)25)23-10-8-22(2)9-11-23/h4-7,12-13H,3,8-11H2,1-2H3. The largest absolute Gasteiger partial charge is 0.367 e. The normalized spacial score (nSPS) is 16.0. The topological polar surface area (TPSA) is 28.0 Å². The molecule has 0 unspecified atom stereocenters. The monoisotopic (exact) mass is 339 g/mol. The Morgan fingerprint density at radius 2 is 1.84 bits per heavy atom. The van der Waals surface area contributed by atoms with E-state index in [-0.39, 0.29) is 11.2 Å². The van der Waals surface area contributed by atoms with Gasteiger partial charge in [-0.25, -0.2) is 4.39 Å². The van der Waals surface area contributed by atoms with E-state index in [1.807, 2.05) is 41.8 Å². The molecule has 1 saturated heterocycles. The van der Waals surface area contributed by atoms with Crippen LogP contribution in [0.15, 0.2) is 41.3 Å². The molecule has 25 heavy (non-hydrogen) atoms. The van der Waals surface area contributed by atoms with E-state index in [1.165, 1.54) is 6.07 Å². The van der Waals surface area contributed by atoms with Crippen molar-refractivity contribution in [3.63, 3.8) is 0 Å². The van der Waals surface area contributed by atoms with Gasteiger partial charge >= 0.3 is 0 Å². The molecule has 5 heteroatoms. The second-order valence-corrected chi connectivity index (χ2v) is 6.73. The van der Waals surface area contributed by atoms with E-state index in [4.69, 9.17) is 0 Å². The summed E-state index contributed by atoms with van der Waals surface area (Å²) in [7, 11) is 2.08. The molecule has 1 fully saturated rings. The molecular weight excluding hydrogens is 317 g/mol. The summed E-state index contributed by atoms with van der Waals surface area (Å²) in [6.45, 7) is 5.36. The van der Waals surface area contributed by atoms with E-state index in [1.54, 1.807) is 0 Å². The van der Waals surface area contributed by atoms with Gasteiger partial charge < -0.3 is 14.2 Å². The van der Waals surface area contributed by atoms with Crippen LogP contribution in [0.2, 0.25) is 0 Å². The fraction of sp³-hybridized carbons (Fsp3) is 0.350. The zero-order valence-corrected chi connectivity index (χ0v) is 14.6. The fourth-order valence-electron chi connectivity index (χ4n) is 3.74. The molecule has 0 atom stereocenters. The molecule has 0 radical (unpaired) electrons. The van der Waals surface area contributed by atoms with Crippen molar-refractivity contribution in [1.29, 1.82) is 0 Å². The Hall–Kier alpha value is -2.40. The number of hydrogen-bond acceptors (Lipinski definition) is 3. The maximum absolute atomic E-state index is 14.8. The van der Waals surface area contributed by atoms with E-state index in [2.05, 4.69) is 16.8 Å². The molecule has 4 rings (SSSR count). The minimum atomic E-state index is -0.313. The molecule has 0 saturated carbocycles. The first-order valence-corrected chi connectivity index (χ1v) is 8.79. The lowest BCUT2D eigenvalue weighted by atomic mass is 10.1. The molecule has 4 nitrogen and oxygen atoms in total. The maximum atomic E-state index is 14.8. The molecular formula is C20H22FN3O. The molecule has 130 valence electrons. The third kappa shape index (κ3) is 2.59. The number of nitrogens with zero attached hydrogens (tertiary/aromatic N) is 3. The van der Waals surface area contributed by atoms with E-state index >= 15 is 0 Å². The first-order valence-electron chi connectivity index (χ1n) is 8.79. The van der Waals surface area contributed by atoms with E-state index in [0.29, 0.717) is 17.5 Å². The number of anilines is 1. The fourth-order valence-corrected chi connectivity index (χ4v) is 3.74. The van der Waals surface area contributed by atoms with Crippen LogP contribution in [0.3, 0.4) is 0 Å². The van der Waals surface area contributed by atoms with Crippen molar-refractivity contribution in [3.05, 3.63) is 58.1 Å². The van der Waals surface area contributed by atoms with Crippen molar-refractivity contribution in [3.8, 4) is 0 Å². The van der Waals surface area contributed by atoms with Gasteiger partial charge in [0, 0.05) is 43.3 Å². The Kier molecular flexibility index (Phi) is 3.96. The maximum Gasteiger partial charge on any atom is 0.193 e. The van der Waals surface area contributed by atoms with Crippen LogP contribution in [0.4, 0.5) is 10.1 Å². The van der Waals surface area contributed by atoms with Crippen molar-refractivity contribution >= 4 is 22.1 Å². The summed E-state index contributed by atoms with van der Waals surface area (Å²) in [6, 6.07) is 9.09. The number of pyridine rings is 2. The average molecular weight is 339 g/mol. The molecule has 1 aromatic carbocycles. The number of benzene rings is 1. The Labute approximate surface area is 146 Å². The number of halogens is 1. The minimum absolute atomic E-state index is 0.0625. The number of rotatable bonds is 2. The van der Waals surface area contributed by atoms with Crippen molar-refractivity contribution in [2.45, 2.75) is 13.3 Å². The van der Waals surface area contributed by atoms with Gasteiger partial charge in [-0.2, -0.15) is 0 Å². The zero-order valence-electron chi connectivity index (χ0n) is 14.6. The Morgan fingerprint density at radius 1 is 1.08 bits per heavy atom. The van der Waals surface area contributed by atoms with Crippen molar-refractivity contribution in [2.75, 3.05) is 38.1 Å². The Balaban J connectivity index is 1.99. The smallest absolute Gasteiger partial charge is 0.193 e. The minimum Gasteiger partial charge on any atom is -0.367 e. The van der Waals surface area contributed by atoms with Crippen molar-refractivity contribution < 1.29 is 4.39 Å². The molecule has 0 N–H and O–H groups in total. The highest BCUT2D eigenvalue weighted by Gasteiger charge is 2.20. The summed E-state index contributed by atoms with van der Waals surface area (Å²) in [5.74, 6) is -0.313. The molecule has 3 heterocycles. The molecule has 0 aliphatic carbocycles. The van der Waals surface area contributed by atoms with Gasteiger partial charge in [-0.1, -0.05) is 13.0 Å². The van der Waals surface area contributed by atoms with Crippen LogP contribution in [-0.4, -0.2) is 42.5 Å². The number of fused-ring (bicyclic) bond motifs is 3. The van der Waals surface area contributed by atoms with Crippen LogP contribution in [0.25, 0.3) is 16.4 Å². The van der Waals surface area contributed by atoms with Gasteiger partial charge in [0.15, 0.2) is 5.43 Å². The molecule has 0 amide bonds. The van der Waals surface area contributed by atoms with Gasteiger partial charge in [0.25, 0.3) is 0 Å². The van der Waals surface area contributed by atoms with Gasteiger partial charge in [-0.3, -0.25) is 4.79 Å². The second-order valence-electron chi connectivity index (χ2n) is 6.73. The lowest BCUT2D eigenvalue weighted by Gasteiger charge is -2.34. The highest BCUT2D eigenvalue weighted by atomic mass is 19.1. The van der Waals surface area contributed by atoms with Crippen LogP contribution in [-0.2, 0) is 6.42 Å². The van der Waals surface area contributed by atoms with Gasteiger partial charge in [0.2, 0.25) is 0 Å². The quantitative estimate of drug-likeness (QED) is 0.672. The van der Waals surface area contributed by atoms with Crippen molar-refractivity contribution in [1.82, 2.24) is 9.30 Å². The first-order chi connectivity index (χ1) is 12.1. The molecule has 0 bridgehead atoms. The molecule has 2 aromatic heterocycles. The number of aromatic nitrogens is 1. The van der Waals surface area contributed by atoms with Crippen LogP contribution in [0.1, 0.15) is 12.5 Å². The summed E-state index contributed by atoms with van der Waals surface area (Å²) in [5.41, 5.74) is 2.93. The third-order valence-corrected chi connectivity index (χ3v) is 5.21. The lowest BCUT2D eigenvalue weighted by molar-refractivity contribution is 0.312. The molecule has 3 aromatic rings. The van der Waals surface area contributed by atoms with E-state index in [9.17, 15) is 9.18 Å². The summed E-state index contributed by atoms with van der Waals surface area (Å²) in [6.07, 6.45) is 2.58. The number of aryl methyl sites for hydroxylation is 1. The lowest BCUT2D eigenvalue weighted by Crippen LogP contribution is -2.44. The van der Waals surface area contributed by atoms with Crippen LogP contribution in [0.5, 0.6) is 0 Å². The number of hydrogen-bond donors (Lipinski definition) is 0. The van der Waals surface area contributed by atoms with Gasteiger partial charge in [-0.15, -0.1) is 0 Å². The highest BCUT2D eigenvalue weighted by Crippen LogP contribution is 2.27. The summed E-state index contributed by atoms with van der Waals surface area (Å²) in [5, 5.41) is 0.455. The third-order valence-electron chi connectivity index (χ3n) is 5.21. The van der Waals surface area contributed by atoms with E-state index in [0.717, 1.165) is 42.8 Å². The first kappa shape index (κ1) is 16.1. The summed E-state index contributed by atoms with van der Waals surface area (Å²) < 4.78 is 16.8. The Bertz CT molecular complexity index is 1000. The average Bonchev–Trinajstić information content (AvgIpc) is 2.63. The molecule has 1 aliphatic heterocycles. The van der Waals surface area contributed by atoms with Crippen LogP contribution in [0, 0.1) is 5.82 Å². The summed E-state index contributed by atoms with van der Waals surface area (Å²) in [4.78, 5) is 17.2. The van der Waals surface area contributed by atoms with Crippen molar-refractivity contribution in [2.24, 2.45) is 0 Å². The molecule has 0 spiro atoms. The van der Waals surface area contributed by atoms with E-state index < -0.39 is 0 Å². The van der Waals surface area contributed by atoms with Gasteiger partial charge in [0.1, 0.15) is 5.82 Å². The summed E-state index contributed by atoms with van der Waals surface area (Å²) >= 11 is 0. The number of likely N-dealkylation sites (N-methyl/N-ethyl adjacent to an activating group) is 1. The van der Waals surface area contributed by atoms with Gasteiger partial charge in [0.05, 0.1) is 16.7 Å². The second kappa shape index (κ2) is 6.15. The predicted molar refractivity (Wildman–Crippen MR) is 100 cm³/mol. The SMILES string of the molecule is CCc1c(=O)c2cc(F)c(N3CCN(C)CC3)cc2n2ccccc12. The molecule has 1 aliphatic rings. The van der Waals surface area contributed by atoms with Crippen LogP contribution >= 0.6 is 0 Å². The number of piperazine rings is 1. The Morgan fingerprint density at radius 3 is 2.56 bits per heavy atom.